The first-order valence-corrected chi connectivity index (χ1v) is 8.78. The highest BCUT2D eigenvalue weighted by molar-refractivity contribution is 5.47. The van der Waals surface area contributed by atoms with Gasteiger partial charge >= 0.3 is 0 Å². The molecular formula is C19H34N2. The fourth-order valence-corrected chi connectivity index (χ4v) is 2.68. The van der Waals surface area contributed by atoms with Crippen molar-refractivity contribution in [2.75, 3.05) is 18.0 Å². The summed E-state index contributed by atoms with van der Waals surface area (Å²) in [4.78, 5) is 2.38. The van der Waals surface area contributed by atoms with Crippen LogP contribution in [0.2, 0.25) is 0 Å². The largest absolute Gasteiger partial charge is 0.372 e. The van der Waals surface area contributed by atoms with Gasteiger partial charge in [-0.2, -0.15) is 0 Å². The minimum absolute atomic E-state index is 0.615. The van der Waals surface area contributed by atoms with E-state index in [4.69, 9.17) is 0 Å². The van der Waals surface area contributed by atoms with Gasteiger partial charge in [0.15, 0.2) is 0 Å². The molecule has 0 spiro atoms. The van der Waals surface area contributed by atoms with E-state index < -0.39 is 0 Å². The summed E-state index contributed by atoms with van der Waals surface area (Å²) in [6, 6.07) is 9.62. The van der Waals surface area contributed by atoms with Gasteiger partial charge in [-0.05, 0) is 44.9 Å². The number of anilines is 1. The highest BCUT2D eigenvalue weighted by Gasteiger charge is 2.03. The first kappa shape index (κ1) is 18.0. The van der Waals surface area contributed by atoms with Crippen LogP contribution >= 0.6 is 0 Å². The smallest absolute Gasteiger partial charge is 0.0366 e. The highest BCUT2D eigenvalue weighted by atomic mass is 15.1. The van der Waals surface area contributed by atoms with Gasteiger partial charge in [0.2, 0.25) is 0 Å². The van der Waals surface area contributed by atoms with Crippen LogP contribution in [0.1, 0.15) is 65.4 Å². The van der Waals surface area contributed by atoms with Crippen molar-refractivity contribution in [3.05, 3.63) is 29.8 Å². The summed E-state index contributed by atoms with van der Waals surface area (Å²) in [5.74, 6) is 0. The van der Waals surface area contributed by atoms with Crippen molar-refractivity contribution < 1.29 is 0 Å². The fourth-order valence-electron chi connectivity index (χ4n) is 2.68. The topological polar surface area (TPSA) is 15.3 Å². The Morgan fingerprint density at radius 3 is 2.19 bits per heavy atom. The molecule has 2 nitrogen and oxygen atoms in total. The normalized spacial score (nSPS) is 12.4. The minimum Gasteiger partial charge on any atom is -0.372 e. The molecule has 120 valence electrons. The second kappa shape index (κ2) is 10.7. The summed E-state index contributed by atoms with van der Waals surface area (Å²) in [6.07, 6.45) is 6.71. The van der Waals surface area contributed by atoms with Crippen LogP contribution in [0, 0.1) is 0 Å². The van der Waals surface area contributed by atoms with E-state index in [2.05, 4.69) is 62.2 Å². The lowest BCUT2D eigenvalue weighted by atomic mass is 10.1. The minimum atomic E-state index is 0.615. The summed E-state index contributed by atoms with van der Waals surface area (Å²) in [7, 11) is 0. The van der Waals surface area contributed by atoms with Gasteiger partial charge in [0.05, 0.1) is 0 Å². The second-order valence-corrected chi connectivity index (χ2v) is 5.97. The Morgan fingerprint density at radius 1 is 0.952 bits per heavy atom. The molecule has 0 fully saturated rings. The van der Waals surface area contributed by atoms with Gasteiger partial charge in [-0.1, -0.05) is 44.7 Å². The molecule has 0 amide bonds. The van der Waals surface area contributed by atoms with Gasteiger partial charge in [0.1, 0.15) is 0 Å². The quantitative estimate of drug-likeness (QED) is 0.578. The Hall–Kier alpha value is -1.02. The molecule has 0 aliphatic carbocycles. The van der Waals surface area contributed by atoms with E-state index in [0.29, 0.717) is 6.04 Å². The Kier molecular flexibility index (Phi) is 9.16. The van der Waals surface area contributed by atoms with Crippen LogP contribution in [0.4, 0.5) is 5.69 Å². The van der Waals surface area contributed by atoms with E-state index in [1.165, 1.54) is 43.4 Å². The molecule has 2 heteroatoms. The molecule has 0 radical (unpaired) electrons. The van der Waals surface area contributed by atoms with Crippen LogP contribution in [-0.2, 0) is 6.54 Å². The Morgan fingerprint density at radius 2 is 1.62 bits per heavy atom. The zero-order valence-corrected chi connectivity index (χ0v) is 14.5. The molecule has 0 aliphatic rings. The number of unbranched alkanes of at least 4 members (excludes halogenated alkanes) is 3. The maximum absolute atomic E-state index is 3.64. The van der Waals surface area contributed by atoms with Crippen LogP contribution in [-0.4, -0.2) is 19.1 Å². The second-order valence-electron chi connectivity index (χ2n) is 5.97. The average Bonchev–Trinajstić information content (AvgIpc) is 2.52. The van der Waals surface area contributed by atoms with Gasteiger partial charge in [-0.3, -0.25) is 0 Å². The fraction of sp³-hybridized carbons (Fsp3) is 0.684. The molecule has 0 aliphatic heterocycles. The molecule has 0 saturated carbocycles. The molecule has 1 unspecified atom stereocenters. The van der Waals surface area contributed by atoms with Crippen LogP contribution in [0.3, 0.4) is 0 Å². The van der Waals surface area contributed by atoms with Crippen molar-refractivity contribution in [1.82, 2.24) is 5.32 Å². The third-order valence-electron chi connectivity index (χ3n) is 4.21. The Bertz CT molecular complexity index is 354. The van der Waals surface area contributed by atoms with Crippen molar-refractivity contribution in [2.45, 2.75) is 72.4 Å². The molecule has 21 heavy (non-hydrogen) atoms. The van der Waals surface area contributed by atoms with E-state index in [0.717, 1.165) is 19.6 Å². The summed E-state index contributed by atoms with van der Waals surface area (Å²) in [5.41, 5.74) is 2.71. The van der Waals surface area contributed by atoms with Gasteiger partial charge in [-0.15, -0.1) is 0 Å². The van der Waals surface area contributed by atoms with E-state index in [1.54, 1.807) is 0 Å². The lowest BCUT2D eigenvalue weighted by molar-refractivity contribution is 0.482. The predicted octanol–water partition coefficient (Wildman–Crippen LogP) is 4.98. The molecule has 1 aromatic carbocycles. The maximum Gasteiger partial charge on any atom is 0.0366 e. The first-order valence-electron chi connectivity index (χ1n) is 8.78. The number of nitrogens with zero attached hydrogens (tertiary/aromatic N) is 1. The van der Waals surface area contributed by atoms with E-state index in [1.807, 2.05) is 0 Å². The van der Waals surface area contributed by atoms with E-state index in [-0.39, 0.29) is 0 Å². The molecule has 1 rings (SSSR count). The van der Waals surface area contributed by atoms with Crippen molar-refractivity contribution in [2.24, 2.45) is 0 Å². The Labute approximate surface area is 131 Å². The molecule has 0 aromatic heterocycles. The number of benzene rings is 1. The van der Waals surface area contributed by atoms with E-state index in [9.17, 15) is 0 Å². The molecule has 0 saturated heterocycles. The van der Waals surface area contributed by atoms with Crippen molar-refractivity contribution in [3.8, 4) is 0 Å². The van der Waals surface area contributed by atoms with E-state index >= 15 is 0 Å². The molecule has 1 aromatic rings. The monoisotopic (exact) mass is 290 g/mol. The third kappa shape index (κ3) is 6.99. The van der Waals surface area contributed by atoms with Crippen molar-refractivity contribution in [1.29, 1.82) is 0 Å². The zero-order chi connectivity index (χ0) is 15.5. The van der Waals surface area contributed by atoms with Gasteiger partial charge < -0.3 is 10.2 Å². The van der Waals surface area contributed by atoms with Crippen LogP contribution in [0.15, 0.2) is 24.3 Å². The Balaban J connectivity index is 2.32. The number of hydrogen-bond acceptors (Lipinski definition) is 2. The van der Waals surface area contributed by atoms with Gasteiger partial charge in [0, 0.05) is 31.4 Å². The highest BCUT2D eigenvalue weighted by Crippen LogP contribution is 2.15. The molecule has 0 heterocycles. The van der Waals surface area contributed by atoms with Gasteiger partial charge in [0.25, 0.3) is 0 Å². The molecular weight excluding hydrogens is 256 g/mol. The molecule has 1 N–H and O–H groups in total. The SMILES string of the molecule is CCCCCCC(C)NCc1ccc(N(CC)CC)cc1. The third-order valence-corrected chi connectivity index (χ3v) is 4.21. The lowest BCUT2D eigenvalue weighted by Gasteiger charge is -2.21. The molecule has 0 bridgehead atoms. The lowest BCUT2D eigenvalue weighted by Crippen LogP contribution is -2.25. The zero-order valence-electron chi connectivity index (χ0n) is 14.5. The van der Waals surface area contributed by atoms with Crippen LogP contribution in [0.25, 0.3) is 0 Å². The first-order chi connectivity index (χ1) is 10.2. The number of nitrogens with one attached hydrogen (secondary N) is 1. The van der Waals surface area contributed by atoms with Gasteiger partial charge in [-0.25, -0.2) is 0 Å². The summed E-state index contributed by atoms with van der Waals surface area (Å²) in [5, 5.41) is 3.64. The summed E-state index contributed by atoms with van der Waals surface area (Å²) < 4.78 is 0. The van der Waals surface area contributed by atoms with Crippen molar-refractivity contribution >= 4 is 5.69 Å². The van der Waals surface area contributed by atoms with Crippen LogP contribution < -0.4 is 10.2 Å². The maximum atomic E-state index is 3.64. The predicted molar refractivity (Wildman–Crippen MR) is 95.1 cm³/mol. The molecule has 1 atom stereocenters. The number of rotatable bonds is 11. The average molecular weight is 290 g/mol. The van der Waals surface area contributed by atoms with Crippen molar-refractivity contribution in [3.63, 3.8) is 0 Å². The number of hydrogen-bond donors (Lipinski definition) is 1. The van der Waals surface area contributed by atoms with Crippen LogP contribution in [0.5, 0.6) is 0 Å². The summed E-state index contributed by atoms with van der Waals surface area (Å²) in [6.45, 7) is 12.1. The standard InChI is InChI=1S/C19H34N2/c1-5-8-9-10-11-17(4)20-16-18-12-14-19(15-13-18)21(6-2)7-3/h12-15,17,20H,5-11,16H2,1-4H3. The summed E-state index contributed by atoms with van der Waals surface area (Å²) >= 11 is 0.